The molecule has 1 N–H and O–H groups in total. The number of nitrogens with one attached hydrogen (secondary N) is 1. The van der Waals surface area contributed by atoms with Crippen LogP contribution in [0, 0.1) is 28.8 Å². The van der Waals surface area contributed by atoms with Crippen molar-refractivity contribution in [2.75, 3.05) is 6.54 Å². The fourth-order valence-electron chi connectivity index (χ4n) is 1.27. The highest BCUT2D eigenvalue weighted by atomic mass is 19.2. The molecule has 2 nitrogen and oxygen atoms in total. The van der Waals surface area contributed by atoms with E-state index in [2.05, 4.69) is 5.32 Å². The Hall–Kier alpha value is -1.54. The van der Waals surface area contributed by atoms with Crippen molar-refractivity contribution in [3.05, 3.63) is 35.1 Å². The lowest BCUT2D eigenvalue weighted by Gasteiger charge is -2.11. The molecule has 16 heavy (non-hydrogen) atoms. The van der Waals surface area contributed by atoms with Crippen molar-refractivity contribution < 1.29 is 13.2 Å². The van der Waals surface area contributed by atoms with Crippen molar-refractivity contribution >= 4 is 0 Å². The van der Waals surface area contributed by atoms with E-state index in [0.29, 0.717) is 6.54 Å². The van der Waals surface area contributed by atoms with E-state index in [1.54, 1.807) is 0 Å². The predicted octanol–water partition coefficient (Wildman–Crippen LogP) is 2.67. The van der Waals surface area contributed by atoms with Gasteiger partial charge in [0, 0.05) is 0 Å². The van der Waals surface area contributed by atoms with Crippen LogP contribution < -0.4 is 5.32 Å². The summed E-state index contributed by atoms with van der Waals surface area (Å²) in [5.41, 5.74) is 0.0901. The van der Waals surface area contributed by atoms with Crippen molar-refractivity contribution in [1.29, 1.82) is 5.26 Å². The highest BCUT2D eigenvalue weighted by molar-refractivity contribution is 5.26. The van der Waals surface area contributed by atoms with Crippen LogP contribution in [0.5, 0.6) is 0 Å². The van der Waals surface area contributed by atoms with E-state index in [0.717, 1.165) is 18.6 Å². The molecule has 0 radical (unpaired) electrons. The van der Waals surface area contributed by atoms with Crippen LogP contribution in [0.25, 0.3) is 0 Å². The topological polar surface area (TPSA) is 35.8 Å². The van der Waals surface area contributed by atoms with Gasteiger partial charge in [0.25, 0.3) is 0 Å². The molecule has 1 atom stereocenters. The molecule has 0 fully saturated rings. The molecule has 0 heterocycles. The average molecular weight is 228 g/mol. The number of benzene rings is 1. The minimum absolute atomic E-state index is 0.0901. The fourth-order valence-corrected chi connectivity index (χ4v) is 1.27. The monoisotopic (exact) mass is 228 g/mol. The van der Waals surface area contributed by atoms with E-state index in [1.165, 1.54) is 0 Å². The predicted molar refractivity (Wildman–Crippen MR) is 53.0 cm³/mol. The summed E-state index contributed by atoms with van der Waals surface area (Å²) in [5.74, 6) is -4.09. The van der Waals surface area contributed by atoms with Crippen molar-refractivity contribution in [2.24, 2.45) is 0 Å². The van der Waals surface area contributed by atoms with E-state index in [9.17, 15) is 13.2 Å². The van der Waals surface area contributed by atoms with E-state index in [-0.39, 0.29) is 5.56 Å². The molecule has 0 aliphatic rings. The van der Waals surface area contributed by atoms with Crippen LogP contribution in [0.2, 0.25) is 0 Å². The van der Waals surface area contributed by atoms with E-state index in [4.69, 9.17) is 5.26 Å². The normalized spacial score (nSPS) is 12.2. The van der Waals surface area contributed by atoms with E-state index < -0.39 is 23.5 Å². The van der Waals surface area contributed by atoms with Gasteiger partial charge < -0.3 is 0 Å². The summed E-state index contributed by atoms with van der Waals surface area (Å²) in [6.45, 7) is 2.44. The zero-order valence-corrected chi connectivity index (χ0v) is 8.73. The van der Waals surface area contributed by atoms with Gasteiger partial charge in [-0.05, 0) is 30.7 Å². The summed E-state index contributed by atoms with van der Waals surface area (Å²) in [4.78, 5) is 0. The lowest BCUT2D eigenvalue weighted by Crippen LogP contribution is -2.21. The van der Waals surface area contributed by atoms with Crippen LogP contribution in [0.1, 0.15) is 24.9 Å². The summed E-state index contributed by atoms with van der Waals surface area (Å²) in [7, 11) is 0. The fraction of sp³-hybridized carbons (Fsp3) is 0.364. The molecule has 0 saturated carbocycles. The van der Waals surface area contributed by atoms with Gasteiger partial charge >= 0.3 is 0 Å². The molecule has 0 aliphatic carbocycles. The summed E-state index contributed by atoms with van der Waals surface area (Å²) < 4.78 is 38.5. The Morgan fingerprint density at radius 3 is 2.31 bits per heavy atom. The van der Waals surface area contributed by atoms with Gasteiger partial charge in [-0.1, -0.05) is 6.92 Å². The molecule has 1 unspecified atom stereocenters. The number of halogens is 3. The molecule has 0 amide bonds. The van der Waals surface area contributed by atoms with Gasteiger partial charge in [-0.25, -0.2) is 13.2 Å². The maximum absolute atomic E-state index is 12.9. The molecule has 86 valence electrons. The number of hydrogen-bond acceptors (Lipinski definition) is 2. The van der Waals surface area contributed by atoms with Crippen LogP contribution >= 0.6 is 0 Å². The van der Waals surface area contributed by atoms with Gasteiger partial charge in [-0.2, -0.15) is 5.26 Å². The molecule has 1 aromatic rings. The maximum Gasteiger partial charge on any atom is 0.194 e. The molecule has 0 bridgehead atoms. The second-order valence-electron chi connectivity index (χ2n) is 3.31. The van der Waals surface area contributed by atoms with Crippen molar-refractivity contribution in [3.8, 4) is 6.07 Å². The highest BCUT2D eigenvalue weighted by Crippen LogP contribution is 2.18. The third-order valence-corrected chi connectivity index (χ3v) is 2.07. The van der Waals surface area contributed by atoms with Crippen molar-refractivity contribution in [2.45, 2.75) is 19.4 Å². The summed E-state index contributed by atoms with van der Waals surface area (Å²) in [5, 5.41) is 11.6. The van der Waals surface area contributed by atoms with Crippen LogP contribution in [-0.2, 0) is 0 Å². The molecule has 0 aliphatic heterocycles. The van der Waals surface area contributed by atoms with Crippen LogP contribution in [0.3, 0.4) is 0 Å². The Morgan fingerprint density at radius 2 is 1.88 bits per heavy atom. The first-order valence-electron chi connectivity index (χ1n) is 4.87. The number of nitriles is 1. The third kappa shape index (κ3) is 2.74. The molecular formula is C11H11F3N2. The molecule has 1 aromatic carbocycles. The van der Waals surface area contributed by atoms with Gasteiger partial charge in [0.2, 0.25) is 0 Å². The summed E-state index contributed by atoms with van der Waals surface area (Å²) >= 11 is 0. The van der Waals surface area contributed by atoms with Crippen LogP contribution in [0.15, 0.2) is 12.1 Å². The summed E-state index contributed by atoms with van der Waals surface area (Å²) in [6.07, 6.45) is 0.782. The number of hydrogen-bond donors (Lipinski definition) is 1. The highest BCUT2D eigenvalue weighted by Gasteiger charge is 2.16. The second-order valence-corrected chi connectivity index (χ2v) is 3.31. The molecule has 0 spiro atoms. The van der Waals surface area contributed by atoms with Gasteiger partial charge in [-0.3, -0.25) is 5.32 Å². The second kappa shape index (κ2) is 5.52. The molecule has 5 heteroatoms. The first-order valence-corrected chi connectivity index (χ1v) is 4.87. The number of rotatable bonds is 4. The zero-order valence-electron chi connectivity index (χ0n) is 8.73. The smallest absolute Gasteiger partial charge is 0.194 e. The molecule has 0 saturated heterocycles. The average Bonchev–Trinajstić information content (AvgIpc) is 2.26. The van der Waals surface area contributed by atoms with Gasteiger partial charge in [0.1, 0.15) is 6.04 Å². The van der Waals surface area contributed by atoms with E-state index >= 15 is 0 Å². The standard InChI is InChI=1S/C11H11F3N2/c1-2-3-16-10(6-15)7-4-8(12)11(14)9(13)5-7/h4-5,10,16H,2-3H2,1H3. The van der Waals surface area contributed by atoms with E-state index in [1.807, 2.05) is 13.0 Å². The Morgan fingerprint density at radius 1 is 1.31 bits per heavy atom. The van der Waals surface area contributed by atoms with Gasteiger partial charge in [0.05, 0.1) is 6.07 Å². The maximum atomic E-state index is 12.9. The SMILES string of the molecule is CCCNC(C#N)c1cc(F)c(F)c(F)c1. The Balaban J connectivity index is 2.98. The summed E-state index contributed by atoms with van der Waals surface area (Å²) in [6, 6.07) is 2.69. The molecular weight excluding hydrogens is 217 g/mol. The zero-order chi connectivity index (χ0) is 12.1. The van der Waals surface area contributed by atoms with Crippen molar-refractivity contribution in [1.82, 2.24) is 5.32 Å². The number of nitrogens with zero attached hydrogens (tertiary/aromatic N) is 1. The first-order chi connectivity index (χ1) is 7.60. The molecule has 0 aromatic heterocycles. The van der Waals surface area contributed by atoms with Crippen molar-refractivity contribution in [3.63, 3.8) is 0 Å². The Kier molecular flexibility index (Phi) is 4.32. The first kappa shape index (κ1) is 12.5. The third-order valence-electron chi connectivity index (χ3n) is 2.07. The Labute approximate surface area is 91.7 Å². The lowest BCUT2D eigenvalue weighted by molar-refractivity contribution is 0.443. The quantitative estimate of drug-likeness (QED) is 0.804. The minimum Gasteiger partial charge on any atom is -0.298 e. The van der Waals surface area contributed by atoms with Gasteiger partial charge in [0.15, 0.2) is 17.5 Å². The minimum atomic E-state index is -1.52. The van der Waals surface area contributed by atoms with Gasteiger partial charge in [-0.15, -0.1) is 0 Å². The van der Waals surface area contributed by atoms with Crippen LogP contribution in [-0.4, -0.2) is 6.54 Å². The largest absolute Gasteiger partial charge is 0.298 e. The lowest BCUT2D eigenvalue weighted by atomic mass is 10.1. The molecule has 1 rings (SSSR count). The van der Waals surface area contributed by atoms with Crippen LogP contribution in [0.4, 0.5) is 13.2 Å². The Bertz CT molecular complexity index is 389.